The van der Waals surface area contributed by atoms with Gasteiger partial charge in [-0.15, -0.1) is 0 Å². The lowest BCUT2D eigenvalue weighted by Gasteiger charge is -2.14. The maximum atomic E-state index is 11.2. The first-order valence-corrected chi connectivity index (χ1v) is 5.70. The summed E-state index contributed by atoms with van der Waals surface area (Å²) >= 11 is 5.71. The van der Waals surface area contributed by atoms with Gasteiger partial charge in [0.05, 0.1) is 12.7 Å². The highest BCUT2D eigenvalue weighted by Crippen LogP contribution is 2.20. The fourth-order valence-corrected chi connectivity index (χ4v) is 1.49. The van der Waals surface area contributed by atoms with Gasteiger partial charge < -0.3 is 14.9 Å². The van der Waals surface area contributed by atoms with Crippen LogP contribution in [-0.4, -0.2) is 28.9 Å². The number of esters is 1. The Hall–Kier alpha value is -1.10. The third kappa shape index (κ3) is 4.34. The van der Waals surface area contributed by atoms with Gasteiger partial charge in [0, 0.05) is 11.4 Å². The molecule has 0 fully saturated rings. The molecule has 0 aliphatic carbocycles. The first-order chi connectivity index (χ1) is 8.04. The topological polar surface area (TPSA) is 66.8 Å². The van der Waals surface area contributed by atoms with Gasteiger partial charge in [-0.25, -0.2) is 4.79 Å². The molecule has 0 amide bonds. The van der Waals surface area contributed by atoms with E-state index in [1.165, 1.54) is 0 Å². The van der Waals surface area contributed by atoms with Crippen molar-refractivity contribution in [2.45, 2.75) is 25.6 Å². The number of carbonyl (C=O) groups is 1. The van der Waals surface area contributed by atoms with Crippen LogP contribution in [0.15, 0.2) is 24.3 Å². The van der Waals surface area contributed by atoms with Crippen LogP contribution in [0.1, 0.15) is 25.0 Å². The zero-order chi connectivity index (χ0) is 12.8. The third-order valence-corrected chi connectivity index (χ3v) is 2.51. The van der Waals surface area contributed by atoms with E-state index in [2.05, 4.69) is 4.74 Å². The third-order valence-electron chi connectivity index (χ3n) is 2.26. The molecule has 1 rings (SSSR count). The summed E-state index contributed by atoms with van der Waals surface area (Å²) in [5.41, 5.74) is 0.595. The summed E-state index contributed by atoms with van der Waals surface area (Å²) in [6.07, 6.45) is -2.34. The average molecular weight is 259 g/mol. The standard InChI is InChI=1S/C12H15ClO4/c1-2-17-12(16)11(15)7-10(14)8-3-5-9(13)6-4-8/h3-6,10-11,14-15H,2,7H2,1H3/t10-,11-/m1/s1. The lowest BCUT2D eigenvalue weighted by molar-refractivity contribution is -0.154. The van der Waals surface area contributed by atoms with Crippen molar-refractivity contribution in [1.29, 1.82) is 0 Å². The molecule has 0 aromatic heterocycles. The van der Waals surface area contributed by atoms with Crippen LogP contribution in [-0.2, 0) is 9.53 Å². The van der Waals surface area contributed by atoms with Crippen LogP contribution in [0.4, 0.5) is 0 Å². The van der Waals surface area contributed by atoms with E-state index in [1.807, 2.05) is 0 Å². The summed E-state index contributed by atoms with van der Waals surface area (Å²) in [5, 5.41) is 19.8. The molecule has 0 unspecified atom stereocenters. The van der Waals surface area contributed by atoms with E-state index in [4.69, 9.17) is 11.6 Å². The van der Waals surface area contributed by atoms with E-state index >= 15 is 0 Å². The monoisotopic (exact) mass is 258 g/mol. The van der Waals surface area contributed by atoms with Gasteiger partial charge >= 0.3 is 5.97 Å². The van der Waals surface area contributed by atoms with E-state index in [9.17, 15) is 15.0 Å². The van der Waals surface area contributed by atoms with Crippen LogP contribution >= 0.6 is 11.6 Å². The fraction of sp³-hybridized carbons (Fsp3) is 0.417. The number of rotatable bonds is 5. The van der Waals surface area contributed by atoms with Gasteiger partial charge in [0.2, 0.25) is 0 Å². The number of hydrogen-bond acceptors (Lipinski definition) is 4. The van der Waals surface area contributed by atoms with Crippen LogP contribution in [0.2, 0.25) is 5.02 Å². The highest BCUT2D eigenvalue weighted by molar-refractivity contribution is 6.30. The van der Waals surface area contributed by atoms with E-state index in [1.54, 1.807) is 31.2 Å². The summed E-state index contributed by atoms with van der Waals surface area (Å²) in [6.45, 7) is 1.85. The van der Waals surface area contributed by atoms with Gasteiger partial charge in [-0.05, 0) is 24.6 Å². The maximum absolute atomic E-state index is 11.2. The highest BCUT2D eigenvalue weighted by Gasteiger charge is 2.21. The van der Waals surface area contributed by atoms with Gasteiger partial charge in [0.15, 0.2) is 6.10 Å². The van der Waals surface area contributed by atoms with Crippen molar-refractivity contribution in [3.63, 3.8) is 0 Å². The second-order valence-corrected chi connectivity index (χ2v) is 4.01. The van der Waals surface area contributed by atoms with E-state index in [-0.39, 0.29) is 13.0 Å². The molecule has 4 nitrogen and oxygen atoms in total. The SMILES string of the molecule is CCOC(=O)[C@H](O)C[C@@H](O)c1ccc(Cl)cc1. The molecule has 0 saturated carbocycles. The molecule has 0 heterocycles. The summed E-state index contributed by atoms with van der Waals surface area (Å²) in [7, 11) is 0. The van der Waals surface area contributed by atoms with Crippen molar-refractivity contribution >= 4 is 17.6 Å². The average Bonchev–Trinajstić information content (AvgIpc) is 2.30. The minimum atomic E-state index is -1.32. The lowest BCUT2D eigenvalue weighted by Crippen LogP contribution is -2.25. The summed E-state index contributed by atoms with van der Waals surface area (Å²) in [4.78, 5) is 11.2. The Balaban J connectivity index is 2.56. The number of hydrogen-bond donors (Lipinski definition) is 2. The van der Waals surface area contributed by atoms with Crippen LogP contribution in [0.25, 0.3) is 0 Å². The molecule has 0 bridgehead atoms. The predicted molar refractivity (Wildman–Crippen MR) is 63.7 cm³/mol. The van der Waals surface area contributed by atoms with E-state index < -0.39 is 18.2 Å². The van der Waals surface area contributed by atoms with E-state index in [0.717, 1.165) is 0 Å². The number of carbonyl (C=O) groups excluding carboxylic acids is 1. The maximum Gasteiger partial charge on any atom is 0.335 e. The molecule has 0 aliphatic heterocycles. The minimum absolute atomic E-state index is 0.0968. The number of aliphatic hydroxyl groups is 2. The van der Waals surface area contributed by atoms with Gasteiger partial charge in [-0.3, -0.25) is 0 Å². The Kier molecular flexibility index (Phi) is 5.41. The second-order valence-electron chi connectivity index (χ2n) is 3.57. The van der Waals surface area contributed by atoms with Gasteiger partial charge in [0.1, 0.15) is 0 Å². The Morgan fingerprint density at radius 2 is 1.94 bits per heavy atom. The van der Waals surface area contributed by atoms with Crippen molar-refractivity contribution in [3.05, 3.63) is 34.9 Å². The molecular formula is C12H15ClO4. The molecule has 2 N–H and O–H groups in total. The van der Waals surface area contributed by atoms with Crippen molar-refractivity contribution in [2.75, 3.05) is 6.61 Å². The minimum Gasteiger partial charge on any atom is -0.464 e. The first kappa shape index (κ1) is 14.0. The number of halogens is 1. The zero-order valence-corrected chi connectivity index (χ0v) is 10.2. The molecule has 0 aliphatic rings. The Labute approximate surface area is 105 Å². The van der Waals surface area contributed by atoms with Crippen molar-refractivity contribution in [2.24, 2.45) is 0 Å². The summed E-state index contributed by atoms with van der Waals surface area (Å²) < 4.78 is 4.64. The quantitative estimate of drug-likeness (QED) is 0.789. The molecule has 1 aromatic rings. The Morgan fingerprint density at radius 1 is 1.35 bits per heavy atom. The largest absolute Gasteiger partial charge is 0.464 e. The lowest BCUT2D eigenvalue weighted by atomic mass is 10.0. The van der Waals surface area contributed by atoms with E-state index in [0.29, 0.717) is 10.6 Å². The Morgan fingerprint density at radius 3 is 2.47 bits per heavy atom. The normalized spacial score (nSPS) is 14.1. The van der Waals surface area contributed by atoms with Crippen LogP contribution in [0.3, 0.4) is 0 Å². The summed E-state index contributed by atoms with van der Waals surface area (Å²) in [5.74, 6) is -0.722. The molecule has 0 saturated heterocycles. The molecule has 0 radical (unpaired) electrons. The highest BCUT2D eigenvalue weighted by atomic mass is 35.5. The number of benzene rings is 1. The van der Waals surface area contributed by atoms with Gasteiger partial charge in [-0.1, -0.05) is 23.7 Å². The fourth-order valence-electron chi connectivity index (χ4n) is 1.37. The first-order valence-electron chi connectivity index (χ1n) is 5.32. The van der Waals surface area contributed by atoms with Crippen molar-refractivity contribution < 1.29 is 19.7 Å². The molecule has 2 atom stereocenters. The molecule has 5 heteroatoms. The molecule has 1 aromatic carbocycles. The predicted octanol–water partition coefficient (Wildman–Crippen LogP) is 1.69. The van der Waals surface area contributed by atoms with Gasteiger partial charge in [-0.2, -0.15) is 0 Å². The summed E-state index contributed by atoms with van der Waals surface area (Å²) in [6, 6.07) is 6.56. The number of aliphatic hydroxyl groups excluding tert-OH is 2. The molecule has 17 heavy (non-hydrogen) atoms. The number of ether oxygens (including phenoxy) is 1. The van der Waals surface area contributed by atoms with Crippen LogP contribution < -0.4 is 0 Å². The molecule has 94 valence electrons. The van der Waals surface area contributed by atoms with Gasteiger partial charge in [0.25, 0.3) is 0 Å². The van der Waals surface area contributed by atoms with Crippen molar-refractivity contribution in [3.8, 4) is 0 Å². The smallest absolute Gasteiger partial charge is 0.335 e. The Bertz CT molecular complexity index is 363. The van der Waals surface area contributed by atoms with Crippen molar-refractivity contribution in [1.82, 2.24) is 0 Å². The molecular weight excluding hydrogens is 244 g/mol. The zero-order valence-electron chi connectivity index (χ0n) is 9.47. The molecule has 0 spiro atoms. The second kappa shape index (κ2) is 6.59. The van der Waals surface area contributed by atoms with Crippen LogP contribution in [0.5, 0.6) is 0 Å². The van der Waals surface area contributed by atoms with Crippen LogP contribution in [0, 0.1) is 0 Å².